The van der Waals surface area contributed by atoms with E-state index in [1.165, 1.54) is 11.8 Å². The van der Waals surface area contributed by atoms with Crippen molar-refractivity contribution < 1.29 is 13.2 Å². The lowest BCUT2D eigenvalue weighted by Gasteiger charge is -2.40. The molecule has 1 saturated heterocycles. The highest BCUT2D eigenvalue weighted by Gasteiger charge is 2.33. The zero-order chi connectivity index (χ0) is 22.6. The van der Waals surface area contributed by atoms with Crippen molar-refractivity contribution in [3.8, 4) is 0 Å². The molecule has 174 valence electrons. The lowest BCUT2D eigenvalue weighted by molar-refractivity contribution is -0.00213. The SMILES string of the molecule is Cc1ccc(N2CCC(NS(C)(=O)=O)[C@H](COC3CCC(c4ccccc4)CC3)C2)nc1. The Labute approximate surface area is 192 Å². The summed E-state index contributed by atoms with van der Waals surface area (Å²) in [4.78, 5) is 6.82. The number of rotatable bonds is 7. The van der Waals surface area contributed by atoms with Gasteiger partial charge in [-0.1, -0.05) is 36.4 Å². The van der Waals surface area contributed by atoms with Gasteiger partial charge in [0.05, 0.1) is 19.0 Å². The highest BCUT2D eigenvalue weighted by atomic mass is 32.2. The molecule has 2 aliphatic rings. The Bertz CT molecular complexity index is 958. The fourth-order valence-electron chi connectivity index (χ4n) is 5.03. The van der Waals surface area contributed by atoms with Gasteiger partial charge < -0.3 is 9.64 Å². The average molecular weight is 458 g/mol. The molecule has 2 heterocycles. The van der Waals surface area contributed by atoms with Crippen LogP contribution in [0.5, 0.6) is 0 Å². The lowest BCUT2D eigenvalue weighted by atomic mass is 9.82. The molecule has 1 unspecified atom stereocenters. The molecule has 1 saturated carbocycles. The van der Waals surface area contributed by atoms with Gasteiger partial charge in [0.2, 0.25) is 10.0 Å². The van der Waals surface area contributed by atoms with Crippen molar-refractivity contribution >= 4 is 15.8 Å². The summed E-state index contributed by atoms with van der Waals surface area (Å²) < 4.78 is 33.1. The quantitative estimate of drug-likeness (QED) is 0.683. The van der Waals surface area contributed by atoms with Gasteiger partial charge in [0, 0.05) is 31.2 Å². The van der Waals surface area contributed by atoms with Crippen LogP contribution in [0.25, 0.3) is 0 Å². The Morgan fingerprint density at radius 3 is 2.47 bits per heavy atom. The third-order valence-electron chi connectivity index (χ3n) is 6.81. The van der Waals surface area contributed by atoms with Crippen LogP contribution in [0.2, 0.25) is 0 Å². The molecule has 7 heteroatoms. The Kier molecular flexibility index (Phi) is 7.48. The van der Waals surface area contributed by atoms with Gasteiger partial charge in [-0.05, 0) is 62.1 Å². The molecule has 0 amide bonds. The fourth-order valence-corrected chi connectivity index (χ4v) is 5.89. The number of anilines is 1. The second kappa shape index (κ2) is 10.3. The molecule has 32 heavy (non-hydrogen) atoms. The third-order valence-corrected chi connectivity index (χ3v) is 7.54. The first-order valence-electron chi connectivity index (χ1n) is 11.7. The van der Waals surface area contributed by atoms with Gasteiger partial charge in [0.25, 0.3) is 0 Å². The molecule has 1 aliphatic heterocycles. The van der Waals surface area contributed by atoms with E-state index in [9.17, 15) is 8.42 Å². The maximum Gasteiger partial charge on any atom is 0.208 e. The smallest absolute Gasteiger partial charge is 0.208 e. The molecule has 4 rings (SSSR count). The number of aromatic nitrogens is 1. The Morgan fingerprint density at radius 2 is 1.81 bits per heavy atom. The molecular weight excluding hydrogens is 422 g/mol. The molecular formula is C25H35N3O3S. The van der Waals surface area contributed by atoms with E-state index in [4.69, 9.17) is 4.74 Å². The summed E-state index contributed by atoms with van der Waals surface area (Å²) in [6.45, 7) is 4.11. The highest BCUT2D eigenvalue weighted by molar-refractivity contribution is 7.88. The summed E-state index contributed by atoms with van der Waals surface area (Å²) >= 11 is 0. The first-order chi connectivity index (χ1) is 15.4. The Balaban J connectivity index is 1.35. The van der Waals surface area contributed by atoms with E-state index in [-0.39, 0.29) is 18.1 Å². The summed E-state index contributed by atoms with van der Waals surface area (Å²) in [5, 5.41) is 0. The summed E-state index contributed by atoms with van der Waals surface area (Å²) in [6.07, 6.45) is 8.52. The van der Waals surface area contributed by atoms with Crippen LogP contribution in [0, 0.1) is 12.8 Å². The topological polar surface area (TPSA) is 71.5 Å². The second-order valence-corrected chi connectivity index (χ2v) is 11.2. The van der Waals surface area contributed by atoms with Gasteiger partial charge in [0.1, 0.15) is 5.82 Å². The lowest BCUT2D eigenvalue weighted by Crippen LogP contribution is -2.52. The van der Waals surface area contributed by atoms with E-state index in [1.54, 1.807) is 0 Å². The maximum absolute atomic E-state index is 11.9. The van der Waals surface area contributed by atoms with Gasteiger partial charge in [-0.25, -0.2) is 18.1 Å². The number of nitrogens with one attached hydrogen (secondary N) is 1. The van der Waals surface area contributed by atoms with E-state index in [0.717, 1.165) is 56.6 Å². The van der Waals surface area contributed by atoms with Gasteiger partial charge in [-0.3, -0.25) is 0 Å². The predicted octanol–water partition coefficient (Wildman–Crippen LogP) is 3.88. The zero-order valence-corrected chi connectivity index (χ0v) is 19.9. The predicted molar refractivity (Wildman–Crippen MR) is 128 cm³/mol. The molecule has 1 aliphatic carbocycles. The van der Waals surface area contributed by atoms with Crippen LogP contribution in [-0.4, -0.2) is 51.5 Å². The minimum Gasteiger partial charge on any atom is -0.378 e. The number of hydrogen-bond acceptors (Lipinski definition) is 5. The third kappa shape index (κ3) is 6.30. The number of piperidine rings is 1. The molecule has 1 N–H and O–H groups in total. The number of sulfonamides is 1. The van der Waals surface area contributed by atoms with Gasteiger partial charge in [-0.2, -0.15) is 0 Å². The van der Waals surface area contributed by atoms with Gasteiger partial charge in [-0.15, -0.1) is 0 Å². The Hall–Kier alpha value is -1.96. The number of pyridine rings is 1. The van der Waals surface area contributed by atoms with E-state index >= 15 is 0 Å². The number of aryl methyl sites for hydroxylation is 1. The van der Waals surface area contributed by atoms with Crippen molar-refractivity contribution in [1.82, 2.24) is 9.71 Å². The minimum absolute atomic E-state index is 0.0911. The molecule has 2 aromatic rings. The normalized spacial score (nSPS) is 26.8. The zero-order valence-electron chi connectivity index (χ0n) is 19.1. The van der Waals surface area contributed by atoms with Crippen molar-refractivity contribution in [3.05, 3.63) is 59.8 Å². The van der Waals surface area contributed by atoms with E-state index in [0.29, 0.717) is 12.5 Å². The van der Waals surface area contributed by atoms with E-state index in [2.05, 4.69) is 51.0 Å². The largest absolute Gasteiger partial charge is 0.378 e. The summed E-state index contributed by atoms with van der Waals surface area (Å²) in [5.74, 6) is 1.66. The second-order valence-electron chi connectivity index (χ2n) is 9.40. The van der Waals surface area contributed by atoms with Gasteiger partial charge in [0.15, 0.2) is 0 Å². The first kappa shape index (κ1) is 23.2. The molecule has 0 radical (unpaired) electrons. The molecule has 1 aromatic carbocycles. The van der Waals surface area contributed by atoms with Crippen LogP contribution in [-0.2, 0) is 14.8 Å². The first-order valence-corrected chi connectivity index (χ1v) is 13.6. The van der Waals surface area contributed by atoms with Crippen LogP contribution in [0.15, 0.2) is 48.7 Å². The summed E-state index contributed by atoms with van der Waals surface area (Å²) in [7, 11) is -3.27. The number of hydrogen-bond donors (Lipinski definition) is 1. The van der Waals surface area contributed by atoms with Crippen molar-refractivity contribution in [1.29, 1.82) is 0 Å². The number of ether oxygens (including phenoxy) is 1. The molecule has 0 bridgehead atoms. The molecule has 2 atom stereocenters. The van der Waals surface area contributed by atoms with Crippen LogP contribution in [0.1, 0.15) is 49.1 Å². The van der Waals surface area contributed by atoms with Crippen molar-refractivity contribution in [3.63, 3.8) is 0 Å². The standard InChI is InChI=1S/C25H35N3O3S/c1-19-8-13-25(26-16-19)28-15-14-24(27-32(2,29)30)22(17-28)18-31-23-11-9-21(10-12-23)20-6-4-3-5-7-20/h3-8,13,16,21-24,27H,9-12,14-15,17-18H2,1-2H3/t21?,22-,23?,24?/m0/s1. The van der Waals surface area contributed by atoms with E-state index in [1.807, 2.05) is 19.2 Å². The summed E-state index contributed by atoms with van der Waals surface area (Å²) in [6, 6.07) is 14.8. The van der Waals surface area contributed by atoms with Crippen LogP contribution >= 0.6 is 0 Å². The minimum atomic E-state index is -3.27. The van der Waals surface area contributed by atoms with Crippen LogP contribution in [0.3, 0.4) is 0 Å². The molecule has 0 spiro atoms. The van der Waals surface area contributed by atoms with Crippen LogP contribution in [0.4, 0.5) is 5.82 Å². The van der Waals surface area contributed by atoms with Crippen LogP contribution < -0.4 is 9.62 Å². The highest BCUT2D eigenvalue weighted by Crippen LogP contribution is 2.34. The van der Waals surface area contributed by atoms with Crippen molar-refractivity contribution in [2.24, 2.45) is 5.92 Å². The number of benzene rings is 1. The van der Waals surface area contributed by atoms with Crippen molar-refractivity contribution in [2.75, 3.05) is 30.9 Å². The fraction of sp³-hybridized carbons (Fsp3) is 0.560. The Morgan fingerprint density at radius 1 is 1.06 bits per heavy atom. The van der Waals surface area contributed by atoms with Crippen molar-refractivity contribution in [2.45, 2.75) is 57.1 Å². The maximum atomic E-state index is 11.9. The number of nitrogens with zero attached hydrogens (tertiary/aromatic N) is 2. The monoisotopic (exact) mass is 457 g/mol. The van der Waals surface area contributed by atoms with Gasteiger partial charge >= 0.3 is 0 Å². The molecule has 2 fully saturated rings. The van der Waals surface area contributed by atoms with E-state index < -0.39 is 10.0 Å². The molecule has 1 aromatic heterocycles. The molecule has 6 nitrogen and oxygen atoms in total. The average Bonchev–Trinajstić information content (AvgIpc) is 2.79. The summed E-state index contributed by atoms with van der Waals surface area (Å²) in [5.41, 5.74) is 2.56.